The first kappa shape index (κ1) is 20.3. The highest BCUT2D eigenvalue weighted by molar-refractivity contribution is 5.85. The van der Waals surface area contributed by atoms with Gasteiger partial charge in [-0.1, -0.05) is 0 Å². The molecule has 134 valence electrons. The molecule has 1 unspecified atom stereocenters. The molecule has 0 saturated carbocycles. The van der Waals surface area contributed by atoms with E-state index in [1.165, 1.54) is 0 Å². The molecule has 1 atom stereocenters. The van der Waals surface area contributed by atoms with E-state index in [1.54, 1.807) is 14.2 Å². The molecule has 24 heavy (non-hydrogen) atoms. The van der Waals surface area contributed by atoms with Gasteiger partial charge in [-0.05, 0) is 32.0 Å². The van der Waals surface area contributed by atoms with Gasteiger partial charge < -0.3 is 24.5 Å². The number of ether oxygens (including phenoxy) is 2. The van der Waals surface area contributed by atoms with Crippen LogP contribution in [0.3, 0.4) is 0 Å². The summed E-state index contributed by atoms with van der Waals surface area (Å²) in [4.78, 5) is 11.9. The summed E-state index contributed by atoms with van der Waals surface area (Å²) in [5, 5.41) is 6.95. The maximum absolute atomic E-state index is 11.9. The Bertz CT molecular complexity index is 672. The molecule has 0 fully saturated rings. The van der Waals surface area contributed by atoms with Crippen LogP contribution in [0.2, 0.25) is 0 Å². The van der Waals surface area contributed by atoms with Crippen LogP contribution in [0.5, 0.6) is 5.75 Å². The van der Waals surface area contributed by atoms with Crippen molar-refractivity contribution in [1.82, 2.24) is 10.6 Å². The molecule has 1 aromatic heterocycles. The molecular weight excluding hydrogens is 332 g/mol. The second kappa shape index (κ2) is 9.52. The van der Waals surface area contributed by atoms with Gasteiger partial charge in [0, 0.05) is 24.6 Å². The van der Waals surface area contributed by atoms with Gasteiger partial charge in [-0.15, -0.1) is 12.4 Å². The monoisotopic (exact) mass is 356 g/mol. The third-order valence-electron chi connectivity index (χ3n) is 3.72. The Morgan fingerprint density at radius 1 is 1.33 bits per heavy atom. The number of methoxy groups -OCH3 is 2. The number of hydrogen-bond acceptors (Lipinski definition) is 5. The number of amides is 1. The Labute approximate surface area is 148 Å². The van der Waals surface area contributed by atoms with Gasteiger partial charge in [-0.25, -0.2) is 0 Å². The lowest BCUT2D eigenvalue weighted by molar-refractivity contribution is -0.121. The molecule has 6 nitrogen and oxygen atoms in total. The quantitative estimate of drug-likeness (QED) is 0.711. The molecule has 0 bridgehead atoms. The van der Waals surface area contributed by atoms with Crippen LogP contribution in [0.15, 0.2) is 22.6 Å². The first-order valence-corrected chi connectivity index (χ1v) is 7.63. The number of carbonyl (C=O) groups is 1. The fourth-order valence-electron chi connectivity index (χ4n) is 2.49. The van der Waals surface area contributed by atoms with E-state index in [4.69, 9.17) is 13.9 Å². The summed E-state index contributed by atoms with van der Waals surface area (Å²) >= 11 is 0. The molecule has 1 heterocycles. The number of hydrogen-bond donors (Lipinski definition) is 2. The maximum Gasteiger partial charge on any atom is 0.234 e. The zero-order valence-electron chi connectivity index (χ0n) is 14.5. The first-order chi connectivity index (χ1) is 11.1. The Morgan fingerprint density at radius 3 is 2.75 bits per heavy atom. The summed E-state index contributed by atoms with van der Waals surface area (Å²) in [7, 11) is 3.26. The van der Waals surface area contributed by atoms with E-state index in [0.717, 1.165) is 28.0 Å². The number of nitrogens with one attached hydrogen (secondary N) is 2. The van der Waals surface area contributed by atoms with Gasteiger partial charge in [0.2, 0.25) is 5.91 Å². The highest BCUT2D eigenvalue weighted by atomic mass is 35.5. The molecule has 1 amide bonds. The van der Waals surface area contributed by atoms with E-state index in [-0.39, 0.29) is 30.9 Å². The van der Waals surface area contributed by atoms with Gasteiger partial charge in [-0.3, -0.25) is 4.79 Å². The van der Waals surface area contributed by atoms with Crippen LogP contribution in [0.1, 0.15) is 24.3 Å². The predicted molar refractivity (Wildman–Crippen MR) is 96.1 cm³/mol. The molecule has 0 spiro atoms. The molecule has 7 heteroatoms. The highest BCUT2D eigenvalue weighted by Gasteiger charge is 2.18. The van der Waals surface area contributed by atoms with Crippen molar-refractivity contribution in [3.8, 4) is 5.75 Å². The number of rotatable bonds is 8. The SMILES string of the molecule is COCCNCC(=O)NC(C)c1oc2ccc(OC)cc2c1C.Cl. The third kappa shape index (κ3) is 4.87. The standard InChI is InChI=1S/C17H24N2O4.ClH/c1-11-14-9-13(22-4)5-6-15(14)23-17(11)12(2)19-16(20)10-18-7-8-21-3;/h5-6,9,12,18H,7-8,10H2,1-4H3,(H,19,20);1H. The summed E-state index contributed by atoms with van der Waals surface area (Å²) in [5.41, 5.74) is 1.80. The van der Waals surface area contributed by atoms with Crippen LogP contribution in [-0.2, 0) is 9.53 Å². The average molecular weight is 357 g/mol. The van der Waals surface area contributed by atoms with Gasteiger partial charge in [0.15, 0.2) is 0 Å². The molecule has 0 aliphatic rings. The van der Waals surface area contributed by atoms with E-state index < -0.39 is 0 Å². The van der Waals surface area contributed by atoms with Crippen LogP contribution in [0.25, 0.3) is 11.0 Å². The predicted octanol–water partition coefficient (Wildman–Crippen LogP) is 2.58. The van der Waals surface area contributed by atoms with E-state index in [0.29, 0.717) is 13.2 Å². The van der Waals surface area contributed by atoms with Crippen LogP contribution in [-0.4, -0.2) is 39.8 Å². The van der Waals surface area contributed by atoms with Crippen molar-refractivity contribution in [2.75, 3.05) is 33.9 Å². The van der Waals surface area contributed by atoms with Crippen LogP contribution < -0.4 is 15.4 Å². The van der Waals surface area contributed by atoms with Crippen molar-refractivity contribution in [2.45, 2.75) is 19.9 Å². The molecular formula is C17H25ClN2O4. The number of fused-ring (bicyclic) bond motifs is 1. The van der Waals surface area contributed by atoms with Crippen LogP contribution >= 0.6 is 12.4 Å². The minimum absolute atomic E-state index is 0. The first-order valence-electron chi connectivity index (χ1n) is 7.63. The van der Waals surface area contributed by atoms with E-state index in [9.17, 15) is 4.79 Å². The third-order valence-corrected chi connectivity index (χ3v) is 3.72. The summed E-state index contributed by atoms with van der Waals surface area (Å²) in [6, 6.07) is 5.48. The molecule has 2 aromatic rings. The van der Waals surface area contributed by atoms with Crippen LogP contribution in [0.4, 0.5) is 0 Å². The number of carbonyl (C=O) groups excluding carboxylic acids is 1. The van der Waals surface area contributed by atoms with Crippen LogP contribution in [0, 0.1) is 6.92 Å². The summed E-state index contributed by atoms with van der Waals surface area (Å²) < 4.78 is 16.1. The van der Waals surface area contributed by atoms with Crippen molar-refractivity contribution in [2.24, 2.45) is 0 Å². The smallest absolute Gasteiger partial charge is 0.234 e. The summed E-state index contributed by atoms with van der Waals surface area (Å²) in [6.07, 6.45) is 0. The Morgan fingerprint density at radius 2 is 2.08 bits per heavy atom. The van der Waals surface area contributed by atoms with E-state index in [1.807, 2.05) is 32.0 Å². The van der Waals surface area contributed by atoms with Crippen molar-refractivity contribution < 1.29 is 18.7 Å². The fraction of sp³-hybridized carbons (Fsp3) is 0.471. The number of aryl methyl sites for hydroxylation is 1. The molecule has 0 radical (unpaired) electrons. The lowest BCUT2D eigenvalue weighted by Crippen LogP contribution is -2.36. The van der Waals surface area contributed by atoms with E-state index in [2.05, 4.69) is 10.6 Å². The van der Waals surface area contributed by atoms with Gasteiger partial charge in [0.05, 0.1) is 26.3 Å². The number of halogens is 1. The molecule has 1 aromatic carbocycles. The Balaban J connectivity index is 0.00000288. The fourth-order valence-corrected chi connectivity index (χ4v) is 2.49. The van der Waals surface area contributed by atoms with E-state index >= 15 is 0 Å². The second-order valence-electron chi connectivity index (χ2n) is 5.41. The molecule has 0 aliphatic carbocycles. The van der Waals surface area contributed by atoms with Gasteiger partial charge >= 0.3 is 0 Å². The van der Waals surface area contributed by atoms with Gasteiger partial charge in [-0.2, -0.15) is 0 Å². The zero-order chi connectivity index (χ0) is 16.8. The van der Waals surface area contributed by atoms with Gasteiger partial charge in [0.25, 0.3) is 0 Å². The normalized spacial score (nSPS) is 11.8. The Hall–Kier alpha value is -1.76. The average Bonchev–Trinajstić information content (AvgIpc) is 2.88. The lowest BCUT2D eigenvalue weighted by Gasteiger charge is -2.13. The number of furan rings is 1. The molecule has 0 saturated heterocycles. The van der Waals surface area contributed by atoms with Gasteiger partial charge in [0.1, 0.15) is 17.1 Å². The minimum atomic E-state index is -0.204. The summed E-state index contributed by atoms with van der Waals surface area (Å²) in [5.74, 6) is 1.47. The van der Waals surface area contributed by atoms with Crippen molar-refractivity contribution >= 4 is 29.3 Å². The topological polar surface area (TPSA) is 72.7 Å². The largest absolute Gasteiger partial charge is 0.497 e. The second-order valence-corrected chi connectivity index (χ2v) is 5.41. The zero-order valence-corrected chi connectivity index (χ0v) is 15.3. The molecule has 0 aliphatic heterocycles. The van der Waals surface area contributed by atoms with Crippen molar-refractivity contribution in [3.63, 3.8) is 0 Å². The minimum Gasteiger partial charge on any atom is -0.497 e. The molecule has 2 rings (SSSR count). The molecule has 2 N–H and O–H groups in total. The lowest BCUT2D eigenvalue weighted by atomic mass is 10.1. The summed E-state index contributed by atoms with van der Waals surface area (Å²) in [6.45, 7) is 5.37. The van der Waals surface area contributed by atoms with Crippen molar-refractivity contribution in [1.29, 1.82) is 0 Å². The highest BCUT2D eigenvalue weighted by Crippen LogP contribution is 2.31. The van der Waals surface area contributed by atoms with Crippen molar-refractivity contribution in [3.05, 3.63) is 29.5 Å². The Kier molecular flexibility index (Phi) is 8.04. The number of benzene rings is 1. The maximum atomic E-state index is 11.9.